The average Bonchev–Trinajstić information content (AvgIpc) is 3.24. The van der Waals surface area contributed by atoms with E-state index in [1.54, 1.807) is 0 Å². The van der Waals surface area contributed by atoms with Gasteiger partial charge in [0.25, 0.3) is 10.1 Å². The number of carbonyl (C=O) groups is 2. The van der Waals surface area contributed by atoms with Gasteiger partial charge in [0.2, 0.25) is 0 Å². The second-order valence-corrected chi connectivity index (χ2v) is 16.8. The van der Waals surface area contributed by atoms with E-state index >= 15 is 0 Å². The molecule has 0 aliphatic carbocycles. The van der Waals surface area contributed by atoms with Crippen molar-refractivity contribution >= 4 is 22.1 Å². The predicted molar refractivity (Wildman–Crippen MR) is 247 cm³/mol. The summed E-state index contributed by atoms with van der Waals surface area (Å²) in [6, 6.07) is 0. The fourth-order valence-corrected chi connectivity index (χ4v) is 6.83. The number of hydrogen-bond donors (Lipinski definition) is 4. The molecule has 0 bridgehead atoms. The van der Waals surface area contributed by atoms with E-state index in [-0.39, 0.29) is 19.4 Å². The van der Waals surface area contributed by atoms with E-state index in [0.29, 0.717) is 25.7 Å². The van der Waals surface area contributed by atoms with E-state index < -0.39 is 71.2 Å². The zero-order valence-corrected chi connectivity index (χ0v) is 38.2. The van der Waals surface area contributed by atoms with E-state index in [9.17, 15) is 37.9 Å². The van der Waals surface area contributed by atoms with Crippen molar-refractivity contribution in [2.24, 2.45) is 0 Å². The summed E-state index contributed by atoms with van der Waals surface area (Å²) in [4.78, 5) is 25.4. The maximum Gasteiger partial charge on any atom is 0.306 e. The highest BCUT2D eigenvalue weighted by Crippen LogP contribution is 2.24. The van der Waals surface area contributed by atoms with Gasteiger partial charge in [-0.1, -0.05) is 143 Å². The zero-order chi connectivity index (χ0) is 45.5. The molecule has 0 saturated carbocycles. The summed E-state index contributed by atoms with van der Waals surface area (Å²) in [5.41, 5.74) is 0. The van der Waals surface area contributed by atoms with E-state index in [1.165, 1.54) is 38.5 Å². The summed E-state index contributed by atoms with van der Waals surface area (Å²) in [6.45, 7) is 3.53. The van der Waals surface area contributed by atoms with Crippen LogP contribution in [0.5, 0.6) is 0 Å². The standard InChI is InChI=1S/C49H78O12S/c1-3-5-7-9-11-13-15-17-19-21-23-25-27-29-31-33-35-37-44(50)58-39-42(40-59-49-48(54)47(53)46(52)43(61-49)41-62(55,56)57)60-45(51)38-36-34-32-30-28-26-24-22-20-18-16-14-12-10-8-6-4-2/h5,7,11,13,17-20,23-26,29-32,42-43,46-49,52-54H,3-4,6,8-10,12,14-16,21-22,27-28,33-41H2,1-2H3,(H,55,56,57)/b7-5+,13-11+,19-17+,20-18+,25-23+,26-24+,31-29+,32-30+/t42-,43-,46-,47?,48?,49+/m1/s1. The van der Waals surface area contributed by atoms with E-state index in [4.69, 9.17) is 18.9 Å². The van der Waals surface area contributed by atoms with Crippen LogP contribution in [-0.2, 0) is 38.7 Å². The lowest BCUT2D eigenvalue weighted by atomic mass is 10.00. The lowest BCUT2D eigenvalue weighted by Gasteiger charge is -2.40. The quantitative estimate of drug-likeness (QED) is 0.0202. The highest BCUT2D eigenvalue weighted by molar-refractivity contribution is 7.85. The van der Waals surface area contributed by atoms with Crippen LogP contribution in [-0.4, -0.2) is 96.0 Å². The average molecular weight is 891 g/mol. The Morgan fingerprint density at radius 1 is 0.565 bits per heavy atom. The number of rotatable bonds is 36. The number of allylic oxidation sites excluding steroid dienone is 16. The van der Waals surface area contributed by atoms with Crippen LogP contribution in [0.3, 0.4) is 0 Å². The number of aliphatic hydroxyl groups is 3. The lowest BCUT2D eigenvalue weighted by molar-refractivity contribution is -0.297. The number of ether oxygens (including phenoxy) is 4. The summed E-state index contributed by atoms with van der Waals surface area (Å²) in [5, 5.41) is 30.9. The first-order valence-corrected chi connectivity index (χ1v) is 24.4. The smallest absolute Gasteiger partial charge is 0.306 e. The molecule has 1 aliphatic heterocycles. The molecule has 0 aromatic rings. The minimum atomic E-state index is -4.62. The molecule has 1 heterocycles. The molecule has 0 aromatic carbocycles. The van der Waals surface area contributed by atoms with Gasteiger partial charge in [-0.25, -0.2) is 0 Å². The molecule has 2 unspecified atom stereocenters. The van der Waals surface area contributed by atoms with Crippen molar-refractivity contribution in [3.05, 3.63) is 97.2 Å². The van der Waals surface area contributed by atoms with Gasteiger partial charge in [0, 0.05) is 12.8 Å². The lowest BCUT2D eigenvalue weighted by Crippen LogP contribution is -2.60. The van der Waals surface area contributed by atoms with Crippen LogP contribution in [0.1, 0.15) is 142 Å². The Bertz CT molecular complexity index is 1510. The zero-order valence-electron chi connectivity index (χ0n) is 37.4. The molecule has 4 N–H and O–H groups in total. The third-order valence-corrected chi connectivity index (χ3v) is 10.4. The van der Waals surface area contributed by atoms with Gasteiger partial charge in [-0.05, 0) is 83.5 Å². The SMILES string of the molecule is CC/C=C/C/C=C/C/C=C/C/C=C/C/C=C/CCCC(=O)OC[C@H](CO[C@H]1O[C@H](CS(=O)(=O)O)[C@@H](O)C(O)C1O)OC(=O)CCC/C=C/C/C=C/C/C=C/CCCCCCCC. The van der Waals surface area contributed by atoms with E-state index in [2.05, 4.69) is 86.8 Å². The molecular weight excluding hydrogens is 813 g/mol. The summed E-state index contributed by atoms with van der Waals surface area (Å²) >= 11 is 0. The summed E-state index contributed by atoms with van der Waals surface area (Å²) in [7, 11) is -4.62. The Morgan fingerprint density at radius 3 is 1.52 bits per heavy atom. The van der Waals surface area contributed by atoms with E-state index in [1.807, 2.05) is 24.3 Å². The first-order chi connectivity index (χ1) is 30.0. The van der Waals surface area contributed by atoms with Crippen LogP contribution in [0.4, 0.5) is 0 Å². The largest absolute Gasteiger partial charge is 0.462 e. The fraction of sp³-hybridized carbons (Fsp3) is 0.633. The van der Waals surface area contributed by atoms with Gasteiger partial charge >= 0.3 is 11.9 Å². The number of carbonyl (C=O) groups excluding carboxylic acids is 2. The van der Waals surface area contributed by atoms with Crippen molar-refractivity contribution in [3.63, 3.8) is 0 Å². The maximum absolute atomic E-state index is 12.8. The van der Waals surface area contributed by atoms with Gasteiger partial charge in [0.15, 0.2) is 12.4 Å². The molecule has 0 amide bonds. The first kappa shape index (κ1) is 56.6. The molecule has 13 heteroatoms. The number of esters is 2. The van der Waals surface area contributed by atoms with Crippen LogP contribution >= 0.6 is 0 Å². The fourth-order valence-electron chi connectivity index (χ4n) is 6.14. The first-order valence-electron chi connectivity index (χ1n) is 22.8. The molecule has 0 spiro atoms. The number of aliphatic hydroxyl groups excluding tert-OH is 3. The van der Waals surface area contributed by atoms with Gasteiger partial charge < -0.3 is 34.3 Å². The van der Waals surface area contributed by atoms with Crippen molar-refractivity contribution in [2.45, 2.75) is 179 Å². The van der Waals surface area contributed by atoms with Gasteiger partial charge in [-0.3, -0.25) is 14.1 Å². The summed E-state index contributed by atoms with van der Waals surface area (Å²) in [6.07, 6.45) is 41.8. The molecule has 1 rings (SSSR count). The van der Waals surface area contributed by atoms with Gasteiger partial charge in [0.1, 0.15) is 36.8 Å². The van der Waals surface area contributed by atoms with Crippen molar-refractivity contribution < 1.29 is 56.8 Å². The highest BCUT2D eigenvalue weighted by atomic mass is 32.2. The van der Waals surface area contributed by atoms with Crippen LogP contribution in [0.15, 0.2) is 97.2 Å². The predicted octanol–water partition coefficient (Wildman–Crippen LogP) is 9.44. The molecular formula is C49H78O12S. The van der Waals surface area contributed by atoms with Crippen molar-refractivity contribution in [1.29, 1.82) is 0 Å². The maximum atomic E-state index is 12.8. The minimum absolute atomic E-state index is 0.0746. The second-order valence-electron chi connectivity index (χ2n) is 15.3. The molecule has 1 aliphatic rings. The molecule has 1 saturated heterocycles. The van der Waals surface area contributed by atoms with Gasteiger partial charge in [0.05, 0.1) is 6.61 Å². The molecule has 12 nitrogen and oxygen atoms in total. The number of hydrogen-bond acceptors (Lipinski definition) is 11. The molecule has 62 heavy (non-hydrogen) atoms. The molecule has 6 atom stereocenters. The molecule has 1 fully saturated rings. The second kappa shape index (κ2) is 38.1. The third kappa shape index (κ3) is 32.3. The van der Waals surface area contributed by atoms with Crippen molar-refractivity contribution in [2.75, 3.05) is 19.0 Å². The van der Waals surface area contributed by atoms with Crippen molar-refractivity contribution in [1.82, 2.24) is 0 Å². The topological polar surface area (TPSA) is 186 Å². The highest BCUT2D eigenvalue weighted by Gasteiger charge is 2.46. The molecule has 0 radical (unpaired) electrons. The summed E-state index contributed by atoms with van der Waals surface area (Å²) < 4.78 is 53.9. The van der Waals surface area contributed by atoms with Crippen molar-refractivity contribution in [3.8, 4) is 0 Å². The normalized spacial score (nSPS) is 20.8. The Morgan fingerprint density at radius 2 is 1.02 bits per heavy atom. The Kier molecular flexibility index (Phi) is 34.7. The van der Waals surface area contributed by atoms with E-state index in [0.717, 1.165) is 51.4 Å². The Labute approximate surface area is 373 Å². The molecule has 0 aromatic heterocycles. The molecule has 352 valence electrons. The Hall–Kier alpha value is -3.43. The van der Waals surface area contributed by atoms with Crippen LogP contribution in [0.2, 0.25) is 0 Å². The monoisotopic (exact) mass is 891 g/mol. The van der Waals surface area contributed by atoms with Crippen LogP contribution in [0.25, 0.3) is 0 Å². The van der Waals surface area contributed by atoms with Crippen LogP contribution in [0, 0.1) is 0 Å². The Balaban J connectivity index is 2.54. The number of unbranched alkanes of at least 4 members (excludes halogenated alkanes) is 8. The van der Waals surface area contributed by atoms with Crippen LogP contribution < -0.4 is 0 Å². The van der Waals surface area contributed by atoms with Gasteiger partial charge in [-0.15, -0.1) is 0 Å². The third-order valence-electron chi connectivity index (χ3n) is 9.65. The van der Waals surface area contributed by atoms with Gasteiger partial charge in [-0.2, -0.15) is 8.42 Å². The summed E-state index contributed by atoms with van der Waals surface area (Å²) in [5.74, 6) is -2.14. The minimum Gasteiger partial charge on any atom is -0.462 e.